The predicted molar refractivity (Wildman–Crippen MR) is 106 cm³/mol. The first kappa shape index (κ1) is 15.8. The molecular formula is C21H19N3S. The summed E-state index contributed by atoms with van der Waals surface area (Å²) in [5, 5.41) is 16.9. The summed E-state index contributed by atoms with van der Waals surface area (Å²) >= 11 is 1.71. The number of thiophene rings is 1. The van der Waals surface area contributed by atoms with E-state index >= 15 is 0 Å². The van der Waals surface area contributed by atoms with Gasteiger partial charge in [-0.3, -0.25) is 0 Å². The van der Waals surface area contributed by atoms with E-state index in [0.717, 1.165) is 27.2 Å². The maximum absolute atomic E-state index is 4.54. The summed E-state index contributed by atoms with van der Waals surface area (Å²) in [7, 11) is 0. The van der Waals surface area contributed by atoms with Crippen LogP contribution in [0.4, 0.5) is 5.82 Å². The van der Waals surface area contributed by atoms with Gasteiger partial charge in [0, 0.05) is 10.8 Å². The normalized spacial score (nSPS) is 12.2. The smallest absolute Gasteiger partial charge is 0.157 e. The van der Waals surface area contributed by atoms with Crippen LogP contribution in [0.1, 0.15) is 24.1 Å². The summed E-state index contributed by atoms with van der Waals surface area (Å²) in [6.07, 6.45) is 0. The zero-order valence-electron chi connectivity index (χ0n) is 14.2. The van der Waals surface area contributed by atoms with Crippen LogP contribution in [0.5, 0.6) is 0 Å². The Labute approximate surface area is 151 Å². The summed E-state index contributed by atoms with van der Waals surface area (Å²) in [5.41, 5.74) is 3.43. The SMILES string of the molecule is Cc1csc(-c2nnc(N[C@H](C)c3ccccc3)c3ccccc23)c1. The Morgan fingerprint density at radius 2 is 1.64 bits per heavy atom. The van der Waals surface area contributed by atoms with Gasteiger partial charge in [-0.15, -0.1) is 21.5 Å². The highest BCUT2D eigenvalue weighted by Crippen LogP contribution is 2.34. The van der Waals surface area contributed by atoms with Crippen LogP contribution in [0.15, 0.2) is 66.0 Å². The van der Waals surface area contributed by atoms with Gasteiger partial charge in [-0.1, -0.05) is 54.6 Å². The fraction of sp³-hybridized carbons (Fsp3) is 0.143. The number of hydrogen-bond donors (Lipinski definition) is 1. The molecule has 3 nitrogen and oxygen atoms in total. The summed E-state index contributed by atoms with van der Waals surface area (Å²) in [6, 6.07) is 21.0. The fourth-order valence-corrected chi connectivity index (χ4v) is 3.88. The Morgan fingerprint density at radius 3 is 2.36 bits per heavy atom. The van der Waals surface area contributed by atoms with Gasteiger partial charge >= 0.3 is 0 Å². The maximum atomic E-state index is 4.54. The first-order valence-corrected chi connectivity index (χ1v) is 9.23. The van der Waals surface area contributed by atoms with Crippen molar-refractivity contribution in [3.8, 4) is 10.6 Å². The van der Waals surface area contributed by atoms with Crippen LogP contribution in [-0.2, 0) is 0 Å². The molecule has 0 fully saturated rings. The van der Waals surface area contributed by atoms with Gasteiger partial charge in [0.05, 0.1) is 10.9 Å². The number of nitrogens with one attached hydrogen (secondary N) is 1. The van der Waals surface area contributed by atoms with E-state index in [-0.39, 0.29) is 6.04 Å². The minimum absolute atomic E-state index is 0.161. The van der Waals surface area contributed by atoms with E-state index in [0.29, 0.717) is 0 Å². The molecule has 0 aliphatic carbocycles. The van der Waals surface area contributed by atoms with Crippen molar-refractivity contribution >= 4 is 27.9 Å². The number of benzene rings is 2. The molecule has 4 rings (SSSR count). The van der Waals surface area contributed by atoms with Crippen molar-refractivity contribution < 1.29 is 0 Å². The molecule has 4 aromatic rings. The summed E-state index contributed by atoms with van der Waals surface area (Å²) in [5.74, 6) is 0.823. The topological polar surface area (TPSA) is 37.8 Å². The standard InChI is InChI=1S/C21H19N3S/c1-14-12-19(25-13-14)20-17-10-6-7-11-18(17)21(24-23-20)22-15(2)16-8-4-3-5-9-16/h3-13,15H,1-2H3,(H,22,24)/t15-/m1/s1. The molecule has 0 saturated heterocycles. The molecule has 0 spiro atoms. The number of aromatic nitrogens is 2. The van der Waals surface area contributed by atoms with Gasteiger partial charge in [-0.2, -0.15) is 0 Å². The van der Waals surface area contributed by atoms with Crippen molar-refractivity contribution in [2.24, 2.45) is 0 Å². The molecular weight excluding hydrogens is 326 g/mol. The molecule has 0 radical (unpaired) electrons. The van der Waals surface area contributed by atoms with Crippen LogP contribution in [0.3, 0.4) is 0 Å². The highest BCUT2D eigenvalue weighted by Gasteiger charge is 2.14. The molecule has 1 N–H and O–H groups in total. The maximum Gasteiger partial charge on any atom is 0.157 e. The molecule has 2 aromatic carbocycles. The number of hydrogen-bond acceptors (Lipinski definition) is 4. The average Bonchev–Trinajstić information content (AvgIpc) is 3.09. The molecule has 1 atom stereocenters. The minimum Gasteiger partial charge on any atom is -0.362 e. The molecule has 0 aliphatic rings. The molecule has 25 heavy (non-hydrogen) atoms. The molecule has 0 saturated carbocycles. The van der Waals surface area contributed by atoms with Gasteiger partial charge in [0.15, 0.2) is 5.82 Å². The largest absolute Gasteiger partial charge is 0.362 e. The van der Waals surface area contributed by atoms with Crippen molar-refractivity contribution in [3.63, 3.8) is 0 Å². The van der Waals surface area contributed by atoms with E-state index in [1.807, 2.05) is 12.1 Å². The van der Waals surface area contributed by atoms with Crippen molar-refractivity contribution in [1.82, 2.24) is 10.2 Å². The molecule has 0 amide bonds. The van der Waals surface area contributed by atoms with Gasteiger partial charge in [0.1, 0.15) is 5.69 Å². The van der Waals surface area contributed by atoms with Gasteiger partial charge in [0.2, 0.25) is 0 Å². The fourth-order valence-electron chi connectivity index (χ4n) is 2.98. The molecule has 124 valence electrons. The molecule has 2 aromatic heterocycles. The van der Waals surface area contributed by atoms with Crippen molar-refractivity contribution in [3.05, 3.63) is 77.2 Å². The second-order valence-electron chi connectivity index (χ2n) is 6.21. The molecule has 0 unspecified atom stereocenters. The minimum atomic E-state index is 0.161. The zero-order valence-corrected chi connectivity index (χ0v) is 15.0. The monoisotopic (exact) mass is 345 g/mol. The summed E-state index contributed by atoms with van der Waals surface area (Å²) < 4.78 is 0. The summed E-state index contributed by atoms with van der Waals surface area (Å²) in [4.78, 5) is 1.16. The number of aryl methyl sites for hydroxylation is 1. The second kappa shape index (κ2) is 6.65. The predicted octanol–water partition coefficient (Wildman–Crippen LogP) is 5.84. The Hall–Kier alpha value is -2.72. The van der Waals surface area contributed by atoms with Crippen molar-refractivity contribution in [1.29, 1.82) is 0 Å². The zero-order chi connectivity index (χ0) is 17.2. The first-order chi connectivity index (χ1) is 12.2. The lowest BCUT2D eigenvalue weighted by Crippen LogP contribution is -2.09. The van der Waals surface area contributed by atoms with E-state index in [1.54, 1.807) is 11.3 Å². The second-order valence-corrected chi connectivity index (χ2v) is 7.12. The van der Waals surface area contributed by atoms with Crippen LogP contribution in [0.2, 0.25) is 0 Å². The summed E-state index contributed by atoms with van der Waals surface area (Å²) in [6.45, 7) is 4.25. The lowest BCUT2D eigenvalue weighted by molar-refractivity contribution is 0.866. The van der Waals surface area contributed by atoms with E-state index in [1.165, 1.54) is 11.1 Å². The van der Waals surface area contributed by atoms with Gasteiger partial charge in [0.25, 0.3) is 0 Å². The third-order valence-corrected chi connectivity index (χ3v) is 5.36. The third-order valence-electron chi connectivity index (χ3n) is 4.30. The van der Waals surface area contributed by atoms with Crippen LogP contribution >= 0.6 is 11.3 Å². The van der Waals surface area contributed by atoms with Gasteiger partial charge < -0.3 is 5.32 Å². The van der Waals surface area contributed by atoms with E-state index in [2.05, 4.69) is 83.3 Å². The lowest BCUT2D eigenvalue weighted by Gasteiger charge is -2.16. The van der Waals surface area contributed by atoms with Crippen LogP contribution < -0.4 is 5.32 Å². The quantitative estimate of drug-likeness (QED) is 0.505. The average molecular weight is 345 g/mol. The van der Waals surface area contributed by atoms with E-state index < -0.39 is 0 Å². The molecule has 0 aliphatic heterocycles. The van der Waals surface area contributed by atoms with E-state index in [9.17, 15) is 0 Å². The van der Waals surface area contributed by atoms with Crippen molar-refractivity contribution in [2.75, 3.05) is 5.32 Å². The number of fused-ring (bicyclic) bond motifs is 1. The molecule has 2 heterocycles. The Balaban J connectivity index is 1.76. The highest BCUT2D eigenvalue weighted by molar-refractivity contribution is 7.13. The molecule has 0 bridgehead atoms. The number of rotatable bonds is 4. The highest BCUT2D eigenvalue weighted by atomic mass is 32.1. The molecule has 4 heteroatoms. The van der Waals surface area contributed by atoms with Crippen LogP contribution in [0.25, 0.3) is 21.3 Å². The lowest BCUT2D eigenvalue weighted by atomic mass is 10.1. The van der Waals surface area contributed by atoms with Gasteiger partial charge in [-0.25, -0.2) is 0 Å². The number of anilines is 1. The van der Waals surface area contributed by atoms with Crippen molar-refractivity contribution in [2.45, 2.75) is 19.9 Å². The van der Waals surface area contributed by atoms with Crippen LogP contribution in [-0.4, -0.2) is 10.2 Å². The Kier molecular flexibility index (Phi) is 4.20. The van der Waals surface area contributed by atoms with E-state index in [4.69, 9.17) is 0 Å². The Bertz CT molecular complexity index is 1010. The number of nitrogens with zero attached hydrogens (tertiary/aromatic N) is 2. The van der Waals surface area contributed by atoms with Crippen LogP contribution in [0, 0.1) is 6.92 Å². The first-order valence-electron chi connectivity index (χ1n) is 8.35. The van der Waals surface area contributed by atoms with Gasteiger partial charge in [-0.05, 0) is 36.4 Å². The third kappa shape index (κ3) is 3.13. The Morgan fingerprint density at radius 1 is 0.920 bits per heavy atom.